The number of fused-ring (bicyclic) bond motifs is 1. The fourth-order valence-electron chi connectivity index (χ4n) is 4.75. The van der Waals surface area contributed by atoms with E-state index >= 15 is 0 Å². The molecule has 1 saturated heterocycles. The highest BCUT2D eigenvalue weighted by atomic mass is 32.2. The van der Waals surface area contributed by atoms with E-state index in [9.17, 15) is 9.18 Å². The zero-order valence-electron chi connectivity index (χ0n) is 18.8. The lowest BCUT2D eigenvalue weighted by molar-refractivity contribution is -0.116. The number of para-hydroxylation sites is 1. The Morgan fingerprint density at radius 1 is 1.03 bits per heavy atom. The van der Waals surface area contributed by atoms with Gasteiger partial charge in [0.15, 0.2) is 11.0 Å². The van der Waals surface area contributed by atoms with Crippen molar-refractivity contribution in [3.8, 4) is 5.69 Å². The predicted molar refractivity (Wildman–Crippen MR) is 128 cm³/mol. The number of piperidine rings is 1. The summed E-state index contributed by atoms with van der Waals surface area (Å²) in [5, 5.41) is 9.65. The Morgan fingerprint density at radius 2 is 1.79 bits per heavy atom. The monoisotopic (exact) mass is 465 g/mol. The van der Waals surface area contributed by atoms with Crippen LogP contribution in [0.15, 0.2) is 53.7 Å². The maximum atomic E-state index is 13.6. The minimum Gasteiger partial charge on any atom is -0.311 e. The summed E-state index contributed by atoms with van der Waals surface area (Å²) in [6, 6.07) is 14.5. The first kappa shape index (κ1) is 22.1. The summed E-state index contributed by atoms with van der Waals surface area (Å²) in [7, 11) is 0. The average Bonchev–Trinajstić information content (AvgIpc) is 3.48. The van der Waals surface area contributed by atoms with E-state index in [4.69, 9.17) is 0 Å². The Balaban J connectivity index is 1.39. The minimum atomic E-state index is -0.283. The van der Waals surface area contributed by atoms with Gasteiger partial charge in [-0.05, 0) is 75.2 Å². The summed E-state index contributed by atoms with van der Waals surface area (Å²) in [5.74, 6) is 0.870. The molecular formula is C25H28FN5OS. The molecule has 1 aromatic heterocycles. The molecule has 172 valence electrons. The first-order chi connectivity index (χ1) is 16.1. The molecule has 3 heterocycles. The molecule has 0 saturated carbocycles. The summed E-state index contributed by atoms with van der Waals surface area (Å²) >= 11 is 1.39. The average molecular weight is 466 g/mol. The van der Waals surface area contributed by atoms with Gasteiger partial charge in [0.1, 0.15) is 5.82 Å². The van der Waals surface area contributed by atoms with Crippen LogP contribution in [0.4, 0.5) is 10.1 Å². The number of amides is 1. The molecule has 2 aliphatic heterocycles. The quantitative estimate of drug-likeness (QED) is 0.497. The molecule has 1 atom stereocenters. The number of hydrogen-bond acceptors (Lipinski definition) is 5. The van der Waals surface area contributed by atoms with Crippen LogP contribution < -0.4 is 4.90 Å². The largest absolute Gasteiger partial charge is 0.311 e. The van der Waals surface area contributed by atoms with Crippen LogP contribution in [0.2, 0.25) is 0 Å². The third kappa shape index (κ3) is 4.54. The molecule has 3 aromatic rings. The minimum absolute atomic E-state index is 0.0595. The predicted octanol–water partition coefficient (Wildman–Crippen LogP) is 4.63. The van der Waals surface area contributed by atoms with Gasteiger partial charge in [-0.1, -0.05) is 36.4 Å². The molecule has 5 rings (SSSR count). The zero-order valence-corrected chi connectivity index (χ0v) is 19.6. The molecule has 1 amide bonds. The lowest BCUT2D eigenvalue weighted by Crippen LogP contribution is -2.33. The van der Waals surface area contributed by atoms with Gasteiger partial charge in [0, 0.05) is 17.9 Å². The van der Waals surface area contributed by atoms with E-state index in [2.05, 4.69) is 28.1 Å². The normalized spacial score (nSPS) is 17.2. The second-order valence-electron chi connectivity index (χ2n) is 8.64. The Hall–Kier alpha value is -2.71. The summed E-state index contributed by atoms with van der Waals surface area (Å²) in [5.41, 5.74) is 3.02. The number of rotatable bonds is 6. The smallest absolute Gasteiger partial charge is 0.237 e. The number of carbonyl (C=O) groups excluding carboxylic acids is 1. The molecule has 8 heteroatoms. The molecule has 6 nitrogen and oxygen atoms in total. The summed E-state index contributed by atoms with van der Waals surface area (Å²) in [4.78, 5) is 17.3. The van der Waals surface area contributed by atoms with E-state index in [1.807, 2.05) is 27.7 Å². The van der Waals surface area contributed by atoms with Gasteiger partial charge in [-0.25, -0.2) is 4.39 Å². The van der Waals surface area contributed by atoms with Crippen molar-refractivity contribution in [3.05, 3.63) is 65.7 Å². The first-order valence-corrected chi connectivity index (χ1v) is 12.6. The van der Waals surface area contributed by atoms with Gasteiger partial charge in [0.25, 0.3) is 0 Å². The second-order valence-corrected chi connectivity index (χ2v) is 9.58. The lowest BCUT2D eigenvalue weighted by atomic mass is 10.1. The Labute approximate surface area is 197 Å². The van der Waals surface area contributed by atoms with Crippen LogP contribution in [0.25, 0.3) is 5.69 Å². The number of likely N-dealkylation sites (tertiary alicyclic amines) is 1. The third-order valence-electron chi connectivity index (χ3n) is 6.57. The van der Waals surface area contributed by atoms with Gasteiger partial charge in [-0.3, -0.25) is 14.3 Å². The summed E-state index contributed by atoms with van der Waals surface area (Å²) < 4.78 is 15.6. The second kappa shape index (κ2) is 9.65. The van der Waals surface area contributed by atoms with E-state index in [0.29, 0.717) is 11.7 Å². The van der Waals surface area contributed by atoms with Crippen molar-refractivity contribution in [2.24, 2.45) is 0 Å². The van der Waals surface area contributed by atoms with Crippen LogP contribution in [0.3, 0.4) is 0 Å². The molecule has 1 fully saturated rings. The number of aromatic nitrogens is 3. The van der Waals surface area contributed by atoms with Crippen molar-refractivity contribution >= 4 is 23.4 Å². The molecule has 1 unspecified atom stereocenters. The number of nitrogens with zero attached hydrogens (tertiary/aromatic N) is 5. The zero-order chi connectivity index (χ0) is 22.8. The fourth-order valence-corrected chi connectivity index (χ4v) is 5.58. The van der Waals surface area contributed by atoms with E-state index < -0.39 is 0 Å². The van der Waals surface area contributed by atoms with Crippen LogP contribution >= 0.6 is 11.8 Å². The summed E-state index contributed by atoms with van der Waals surface area (Å²) in [6.45, 7) is 4.93. The van der Waals surface area contributed by atoms with Crippen molar-refractivity contribution in [1.82, 2.24) is 19.7 Å². The van der Waals surface area contributed by atoms with E-state index in [-0.39, 0.29) is 23.5 Å². The van der Waals surface area contributed by atoms with Crippen LogP contribution in [-0.4, -0.2) is 51.0 Å². The van der Waals surface area contributed by atoms with E-state index in [1.165, 1.54) is 48.7 Å². The van der Waals surface area contributed by atoms with Gasteiger partial charge in [-0.15, -0.1) is 10.2 Å². The highest BCUT2D eigenvalue weighted by Crippen LogP contribution is 2.31. The van der Waals surface area contributed by atoms with Crippen molar-refractivity contribution in [2.75, 3.05) is 30.3 Å². The number of halogens is 1. The Bertz CT molecular complexity index is 1130. The SMILES string of the molecule is CC(c1nnc(SCC(=O)N2CCc3ccccc32)n1-c1ccc(F)cc1)N1CCCCC1. The van der Waals surface area contributed by atoms with Crippen molar-refractivity contribution < 1.29 is 9.18 Å². The number of carbonyl (C=O) groups is 1. The Kier molecular flexibility index (Phi) is 6.46. The number of anilines is 1. The fraction of sp³-hybridized carbons (Fsp3) is 0.400. The maximum Gasteiger partial charge on any atom is 0.237 e. The van der Waals surface area contributed by atoms with Gasteiger partial charge >= 0.3 is 0 Å². The summed E-state index contributed by atoms with van der Waals surface area (Å²) in [6.07, 6.45) is 4.51. The van der Waals surface area contributed by atoms with Crippen molar-refractivity contribution in [2.45, 2.75) is 43.8 Å². The van der Waals surface area contributed by atoms with Crippen LogP contribution in [0.1, 0.15) is 43.6 Å². The highest BCUT2D eigenvalue weighted by Gasteiger charge is 2.28. The van der Waals surface area contributed by atoms with Gasteiger partial charge < -0.3 is 4.90 Å². The van der Waals surface area contributed by atoms with Crippen molar-refractivity contribution in [3.63, 3.8) is 0 Å². The number of thioether (sulfide) groups is 1. The van der Waals surface area contributed by atoms with Crippen LogP contribution in [0, 0.1) is 5.82 Å². The lowest BCUT2D eigenvalue weighted by Gasteiger charge is -2.31. The molecule has 0 radical (unpaired) electrons. The maximum absolute atomic E-state index is 13.6. The molecule has 0 spiro atoms. The first-order valence-electron chi connectivity index (χ1n) is 11.6. The van der Waals surface area contributed by atoms with Crippen LogP contribution in [0.5, 0.6) is 0 Å². The highest BCUT2D eigenvalue weighted by molar-refractivity contribution is 7.99. The molecule has 33 heavy (non-hydrogen) atoms. The molecule has 0 aliphatic carbocycles. The van der Waals surface area contributed by atoms with E-state index in [0.717, 1.165) is 36.7 Å². The van der Waals surface area contributed by atoms with Gasteiger partial charge in [0.2, 0.25) is 5.91 Å². The van der Waals surface area contributed by atoms with E-state index in [1.54, 1.807) is 12.1 Å². The topological polar surface area (TPSA) is 54.3 Å². The molecule has 2 aliphatic rings. The Morgan fingerprint density at radius 3 is 2.58 bits per heavy atom. The number of hydrogen-bond donors (Lipinski definition) is 0. The molecule has 2 aromatic carbocycles. The van der Waals surface area contributed by atoms with Gasteiger partial charge in [-0.2, -0.15) is 0 Å². The molecule has 0 bridgehead atoms. The van der Waals surface area contributed by atoms with Crippen LogP contribution in [-0.2, 0) is 11.2 Å². The molecule has 0 N–H and O–H groups in total. The molecular weight excluding hydrogens is 437 g/mol. The van der Waals surface area contributed by atoms with Gasteiger partial charge in [0.05, 0.1) is 11.8 Å². The van der Waals surface area contributed by atoms with Crippen molar-refractivity contribution in [1.29, 1.82) is 0 Å². The number of benzene rings is 2. The standard InChI is InChI=1S/C25H28FN5OS/c1-18(29-14-5-2-6-15-29)24-27-28-25(31(24)21-11-9-20(26)10-12-21)33-17-23(32)30-16-13-19-7-3-4-8-22(19)30/h3-4,7-12,18H,2,5-6,13-17H2,1H3. The third-order valence-corrected chi connectivity index (χ3v) is 7.48.